The third-order valence-electron chi connectivity index (χ3n) is 4.14. The van der Waals surface area contributed by atoms with E-state index >= 15 is 0 Å². The highest BCUT2D eigenvalue weighted by atomic mass is 35.5. The Balaban J connectivity index is 1.77. The summed E-state index contributed by atoms with van der Waals surface area (Å²) in [6, 6.07) is 2.37. The van der Waals surface area contributed by atoms with Crippen molar-refractivity contribution >= 4 is 55.6 Å². The van der Waals surface area contributed by atoms with Crippen molar-refractivity contribution in [2.45, 2.75) is 56.4 Å². The van der Waals surface area contributed by atoms with Crippen LogP contribution in [0.3, 0.4) is 0 Å². The van der Waals surface area contributed by atoms with Crippen LogP contribution in [0.2, 0.25) is 10.0 Å². The number of aromatic nitrogens is 2. The Kier molecular flexibility index (Phi) is 6.93. The lowest BCUT2D eigenvalue weighted by Gasteiger charge is -2.11. The zero-order valence-electron chi connectivity index (χ0n) is 15.2. The summed E-state index contributed by atoms with van der Waals surface area (Å²) in [6.45, 7) is 2.12. The van der Waals surface area contributed by atoms with Gasteiger partial charge in [-0.1, -0.05) is 54.3 Å². The van der Waals surface area contributed by atoms with Gasteiger partial charge in [0.15, 0.2) is 0 Å². The molecule has 1 aromatic carbocycles. The molecule has 1 amide bonds. The van der Waals surface area contributed by atoms with Gasteiger partial charge in [0.2, 0.25) is 15.2 Å². The molecule has 0 spiro atoms. The summed E-state index contributed by atoms with van der Waals surface area (Å²) in [5.41, 5.74) is 0.00460. The summed E-state index contributed by atoms with van der Waals surface area (Å²) >= 11 is 13.5. The number of unbranched alkanes of at least 4 members (excludes halogenated alkanes) is 2. The van der Waals surface area contributed by atoms with Gasteiger partial charge in [-0.3, -0.25) is 10.1 Å². The number of amides is 1. The number of nitrogens with one attached hydrogen (secondary N) is 2. The lowest BCUT2D eigenvalue weighted by Crippen LogP contribution is -2.26. The molecule has 1 aliphatic rings. The third kappa shape index (κ3) is 5.42. The van der Waals surface area contributed by atoms with Gasteiger partial charge in [-0.05, 0) is 31.4 Å². The zero-order valence-corrected chi connectivity index (χ0v) is 18.3. The molecule has 11 heteroatoms. The van der Waals surface area contributed by atoms with Crippen LogP contribution < -0.4 is 10.0 Å². The Bertz CT molecular complexity index is 975. The summed E-state index contributed by atoms with van der Waals surface area (Å²) in [7, 11) is -3.83. The predicted molar refractivity (Wildman–Crippen MR) is 111 cm³/mol. The van der Waals surface area contributed by atoms with Crippen LogP contribution >= 0.6 is 34.5 Å². The number of nitrogens with zero attached hydrogens (tertiary/aromatic N) is 2. The topological polar surface area (TPSA) is 101 Å². The quantitative estimate of drug-likeness (QED) is 0.541. The van der Waals surface area contributed by atoms with E-state index in [1.54, 1.807) is 0 Å². The van der Waals surface area contributed by atoms with Crippen molar-refractivity contribution < 1.29 is 13.2 Å². The molecule has 0 unspecified atom stereocenters. The molecule has 0 saturated heterocycles. The number of carbonyl (C=O) groups excluding carboxylic acids is 1. The summed E-state index contributed by atoms with van der Waals surface area (Å²) < 4.78 is 27.5. The Labute approximate surface area is 177 Å². The predicted octanol–water partition coefficient (Wildman–Crippen LogP) is 4.27. The maximum Gasteiger partial charge on any atom is 0.259 e. The van der Waals surface area contributed by atoms with Gasteiger partial charge < -0.3 is 0 Å². The standard InChI is InChI=1S/C17H20Cl2N4O3S2/c1-2-3-4-5-15-21-22-17(27-15)20-16(24)11-8-14(13(19)9-12(11)18)28(25,26)23-10-6-7-10/h8-10,23H,2-7H2,1H3,(H,20,22,24). The fourth-order valence-corrected chi connectivity index (χ4v) is 5.43. The second-order valence-electron chi connectivity index (χ2n) is 6.57. The Morgan fingerprint density at radius 3 is 2.64 bits per heavy atom. The highest BCUT2D eigenvalue weighted by Crippen LogP contribution is 2.31. The second-order valence-corrected chi connectivity index (χ2v) is 10.1. The molecule has 0 bridgehead atoms. The summed E-state index contributed by atoms with van der Waals surface area (Å²) in [6.07, 6.45) is 5.60. The molecule has 0 aliphatic heterocycles. The van der Waals surface area contributed by atoms with E-state index in [4.69, 9.17) is 23.2 Å². The van der Waals surface area contributed by atoms with Crippen LogP contribution in [0.25, 0.3) is 0 Å². The number of aryl methyl sites for hydroxylation is 1. The van der Waals surface area contributed by atoms with Crippen molar-refractivity contribution in [3.63, 3.8) is 0 Å². The molecule has 152 valence electrons. The first-order chi connectivity index (χ1) is 13.3. The molecule has 0 atom stereocenters. The normalized spacial score (nSPS) is 14.2. The SMILES string of the molecule is CCCCCc1nnc(NC(=O)c2cc(S(=O)(=O)NC3CC3)c(Cl)cc2Cl)s1. The molecule has 28 heavy (non-hydrogen) atoms. The minimum atomic E-state index is -3.83. The third-order valence-corrected chi connectivity index (χ3v) is 7.33. The molecule has 0 radical (unpaired) electrons. The molecule has 1 heterocycles. The van der Waals surface area contributed by atoms with Crippen LogP contribution in [0, 0.1) is 0 Å². The van der Waals surface area contributed by atoms with Gasteiger partial charge in [0, 0.05) is 12.5 Å². The molecule has 3 rings (SSSR count). The zero-order chi connectivity index (χ0) is 20.3. The van der Waals surface area contributed by atoms with Crippen LogP contribution in [0.15, 0.2) is 17.0 Å². The van der Waals surface area contributed by atoms with Crippen LogP contribution in [-0.2, 0) is 16.4 Å². The fourth-order valence-electron chi connectivity index (χ4n) is 2.49. The van der Waals surface area contributed by atoms with Gasteiger partial charge in [0.05, 0.1) is 15.6 Å². The first kappa shape index (κ1) is 21.4. The molecule has 2 N–H and O–H groups in total. The van der Waals surface area contributed by atoms with Gasteiger partial charge in [-0.15, -0.1) is 10.2 Å². The number of sulfonamides is 1. The second kappa shape index (κ2) is 9.04. The molecule has 7 nitrogen and oxygen atoms in total. The van der Waals surface area contributed by atoms with E-state index in [0.29, 0.717) is 5.13 Å². The first-order valence-electron chi connectivity index (χ1n) is 8.95. The van der Waals surface area contributed by atoms with Crippen LogP contribution in [-0.4, -0.2) is 30.6 Å². The first-order valence-corrected chi connectivity index (χ1v) is 12.0. The average Bonchev–Trinajstić information content (AvgIpc) is 3.31. The molecular formula is C17H20Cl2N4O3S2. The monoisotopic (exact) mass is 462 g/mol. The average molecular weight is 463 g/mol. The van der Waals surface area contributed by atoms with Gasteiger partial charge >= 0.3 is 0 Å². The van der Waals surface area contributed by atoms with E-state index in [-0.39, 0.29) is 26.5 Å². The Hall–Kier alpha value is -1.26. The van der Waals surface area contributed by atoms with Crippen molar-refractivity contribution in [2.75, 3.05) is 5.32 Å². The number of rotatable bonds is 9. The lowest BCUT2D eigenvalue weighted by atomic mass is 10.2. The number of halogens is 2. The van der Waals surface area contributed by atoms with Crippen molar-refractivity contribution in [1.29, 1.82) is 0 Å². The van der Waals surface area contributed by atoms with E-state index in [0.717, 1.165) is 43.5 Å². The summed E-state index contributed by atoms with van der Waals surface area (Å²) in [5, 5.41) is 11.8. The van der Waals surface area contributed by atoms with Crippen molar-refractivity contribution in [1.82, 2.24) is 14.9 Å². The van der Waals surface area contributed by atoms with Crippen molar-refractivity contribution in [2.24, 2.45) is 0 Å². The number of benzene rings is 1. The maximum atomic E-state index is 12.6. The van der Waals surface area contributed by atoms with E-state index in [9.17, 15) is 13.2 Å². The van der Waals surface area contributed by atoms with E-state index in [2.05, 4.69) is 27.2 Å². The minimum Gasteiger partial charge on any atom is -0.296 e. The van der Waals surface area contributed by atoms with Crippen molar-refractivity contribution in [3.05, 3.63) is 32.7 Å². The molecule has 1 aromatic heterocycles. The molecule has 1 saturated carbocycles. The van der Waals surface area contributed by atoms with Gasteiger partial charge in [0.1, 0.15) is 9.90 Å². The number of carbonyl (C=O) groups is 1. The highest BCUT2D eigenvalue weighted by molar-refractivity contribution is 7.89. The van der Waals surface area contributed by atoms with Crippen LogP contribution in [0.5, 0.6) is 0 Å². The Morgan fingerprint density at radius 1 is 1.21 bits per heavy atom. The summed E-state index contributed by atoms with van der Waals surface area (Å²) in [5.74, 6) is -0.569. The van der Waals surface area contributed by atoms with E-state index in [1.165, 1.54) is 23.5 Å². The molecule has 1 fully saturated rings. The van der Waals surface area contributed by atoms with Gasteiger partial charge in [-0.25, -0.2) is 13.1 Å². The van der Waals surface area contributed by atoms with E-state index in [1.807, 2.05) is 0 Å². The number of hydrogen-bond donors (Lipinski definition) is 2. The fraction of sp³-hybridized carbons (Fsp3) is 0.471. The summed E-state index contributed by atoms with van der Waals surface area (Å²) in [4.78, 5) is 12.4. The van der Waals surface area contributed by atoms with Crippen LogP contribution in [0.1, 0.15) is 54.4 Å². The van der Waals surface area contributed by atoms with Gasteiger partial charge in [0.25, 0.3) is 5.91 Å². The van der Waals surface area contributed by atoms with Gasteiger partial charge in [-0.2, -0.15) is 0 Å². The van der Waals surface area contributed by atoms with E-state index < -0.39 is 15.9 Å². The largest absolute Gasteiger partial charge is 0.296 e. The molecule has 1 aliphatic carbocycles. The molecule has 2 aromatic rings. The minimum absolute atomic E-state index is 0.00460. The smallest absolute Gasteiger partial charge is 0.259 e. The number of anilines is 1. The van der Waals surface area contributed by atoms with Crippen molar-refractivity contribution in [3.8, 4) is 0 Å². The Morgan fingerprint density at radius 2 is 1.96 bits per heavy atom. The number of hydrogen-bond acceptors (Lipinski definition) is 6. The van der Waals surface area contributed by atoms with Crippen LogP contribution in [0.4, 0.5) is 5.13 Å². The molecular weight excluding hydrogens is 443 g/mol. The highest BCUT2D eigenvalue weighted by Gasteiger charge is 2.30. The lowest BCUT2D eigenvalue weighted by molar-refractivity contribution is 0.102. The maximum absolute atomic E-state index is 12.6.